The molecule has 7 nitrogen and oxygen atoms in total. The monoisotopic (exact) mass is 417 g/mol. The SMILES string of the molecule is COc1ccc(OC)c(NC(=O)COC(=O)CCC(=O)c2ccc(SC)cc2)c1. The minimum Gasteiger partial charge on any atom is -0.497 e. The molecule has 0 saturated carbocycles. The zero-order chi connectivity index (χ0) is 21.2. The molecule has 2 rings (SSSR count). The molecule has 2 aromatic carbocycles. The van der Waals surface area contributed by atoms with Crippen LogP contribution in [0.5, 0.6) is 11.5 Å². The number of amides is 1. The number of esters is 1. The van der Waals surface area contributed by atoms with Crippen molar-refractivity contribution in [2.75, 3.05) is 32.4 Å². The Balaban J connectivity index is 1.79. The number of hydrogen-bond donors (Lipinski definition) is 1. The molecule has 0 saturated heterocycles. The first-order chi connectivity index (χ1) is 14.0. The fraction of sp³-hybridized carbons (Fsp3) is 0.286. The van der Waals surface area contributed by atoms with Gasteiger partial charge >= 0.3 is 5.97 Å². The Morgan fingerprint density at radius 3 is 2.31 bits per heavy atom. The smallest absolute Gasteiger partial charge is 0.306 e. The van der Waals surface area contributed by atoms with Gasteiger partial charge in [0.25, 0.3) is 5.91 Å². The highest BCUT2D eigenvalue weighted by Gasteiger charge is 2.14. The average Bonchev–Trinajstić information content (AvgIpc) is 2.75. The maximum Gasteiger partial charge on any atom is 0.306 e. The van der Waals surface area contributed by atoms with Gasteiger partial charge in [-0.3, -0.25) is 14.4 Å². The van der Waals surface area contributed by atoms with Crippen LogP contribution in [-0.2, 0) is 14.3 Å². The average molecular weight is 417 g/mol. The second-order valence-electron chi connectivity index (χ2n) is 5.93. The van der Waals surface area contributed by atoms with Crippen molar-refractivity contribution in [2.24, 2.45) is 0 Å². The van der Waals surface area contributed by atoms with Crippen LogP contribution >= 0.6 is 11.8 Å². The number of nitrogens with one attached hydrogen (secondary N) is 1. The van der Waals surface area contributed by atoms with Gasteiger partial charge in [-0.2, -0.15) is 0 Å². The predicted molar refractivity (Wildman–Crippen MR) is 111 cm³/mol. The summed E-state index contributed by atoms with van der Waals surface area (Å²) in [6.07, 6.45) is 1.87. The van der Waals surface area contributed by atoms with Crippen molar-refractivity contribution in [2.45, 2.75) is 17.7 Å². The standard InChI is InChI=1S/C21H23NO6S/c1-26-15-6-10-19(27-2)17(12-15)22-20(24)13-28-21(25)11-9-18(23)14-4-7-16(29-3)8-5-14/h4-8,10,12H,9,11,13H2,1-3H3,(H,22,24). The number of ether oxygens (including phenoxy) is 3. The maximum atomic E-state index is 12.1. The Morgan fingerprint density at radius 1 is 0.966 bits per heavy atom. The van der Waals surface area contributed by atoms with E-state index in [0.717, 1.165) is 4.90 Å². The number of Topliss-reactive ketones (excluding diaryl/α,β-unsaturated/α-hetero) is 1. The summed E-state index contributed by atoms with van der Waals surface area (Å²) < 4.78 is 15.2. The summed E-state index contributed by atoms with van der Waals surface area (Å²) in [7, 11) is 2.98. The van der Waals surface area contributed by atoms with Crippen LogP contribution in [0.1, 0.15) is 23.2 Å². The Morgan fingerprint density at radius 2 is 1.69 bits per heavy atom. The maximum absolute atomic E-state index is 12.1. The number of benzene rings is 2. The van der Waals surface area contributed by atoms with Gasteiger partial charge in [0.2, 0.25) is 0 Å². The summed E-state index contributed by atoms with van der Waals surface area (Å²) in [6.45, 7) is -0.462. The highest BCUT2D eigenvalue weighted by molar-refractivity contribution is 7.98. The van der Waals surface area contributed by atoms with Crippen molar-refractivity contribution < 1.29 is 28.6 Å². The third kappa shape index (κ3) is 6.83. The fourth-order valence-corrected chi connectivity index (χ4v) is 2.86. The number of hydrogen-bond acceptors (Lipinski definition) is 7. The van der Waals surface area contributed by atoms with Crippen molar-refractivity contribution >= 4 is 35.1 Å². The van der Waals surface area contributed by atoms with Crippen LogP contribution in [0.4, 0.5) is 5.69 Å². The van der Waals surface area contributed by atoms with Crippen LogP contribution in [0.25, 0.3) is 0 Å². The van der Waals surface area contributed by atoms with Crippen molar-refractivity contribution in [3.8, 4) is 11.5 Å². The fourth-order valence-electron chi connectivity index (χ4n) is 2.45. The first-order valence-corrected chi connectivity index (χ1v) is 10.0. The van der Waals surface area contributed by atoms with Crippen LogP contribution in [-0.4, -0.2) is 44.7 Å². The second-order valence-corrected chi connectivity index (χ2v) is 6.81. The molecule has 0 unspecified atom stereocenters. The van der Waals surface area contributed by atoms with Gasteiger partial charge in [0.15, 0.2) is 12.4 Å². The largest absolute Gasteiger partial charge is 0.497 e. The summed E-state index contributed by atoms with van der Waals surface area (Å²) in [4.78, 5) is 37.1. The summed E-state index contributed by atoms with van der Waals surface area (Å²) in [5.41, 5.74) is 0.940. The van der Waals surface area contributed by atoms with Crippen molar-refractivity contribution in [3.63, 3.8) is 0 Å². The zero-order valence-corrected chi connectivity index (χ0v) is 17.3. The molecule has 0 aliphatic carbocycles. The van der Waals surface area contributed by atoms with E-state index in [1.807, 2.05) is 18.4 Å². The van der Waals surface area contributed by atoms with Crippen LogP contribution < -0.4 is 14.8 Å². The van der Waals surface area contributed by atoms with Gasteiger partial charge in [-0.05, 0) is 30.5 Å². The minimum absolute atomic E-state index is 0.0166. The molecule has 8 heteroatoms. The van der Waals surface area contributed by atoms with Gasteiger partial charge in [-0.15, -0.1) is 11.8 Å². The van der Waals surface area contributed by atoms with Gasteiger partial charge < -0.3 is 19.5 Å². The lowest BCUT2D eigenvalue weighted by Gasteiger charge is -2.12. The molecule has 0 atom stereocenters. The number of thioether (sulfide) groups is 1. The number of carbonyl (C=O) groups is 3. The number of anilines is 1. The third-order valence-electron chi connectivity index (χ3n) is 4.01. The molecule has 0 aliphatic heterocycles. The Kier molecular flexibility index (Phi) is 8.54. The molecule has 0 radical (unpaired) electrons. The van der Waals surface area contributed by atoms with E-state index < -0.39 is 18.5 Å². The molecule has 0 spiro atoms. The molecule has 1 N–H and O–H groups in total. The van der Waals surface area contributed by atoms with Crippen LogP contribution in [0.3, 0.4) is 0 Å². The van der Waals surface area contributed by atoms with E-state index in [1.54, 1.807) is 42.1 Å². The quantitative estimate of drug-likeness (QED) is 0.359. The Bertz CT molecular complexity index is 866. The minimum atomic E-state index is -0.619. The number of rotatable bonds is 10. The molecule has 1 amide bonds. The van der Waals surface area contributed by atoms with Gasteiger partial charge in [-0.25, -0.2) is 0 Å². The summed E-state index contributed by atoms with van der Waals surface area (Å²) in [5.74, 6) is -0.304. The summed E-state index contributed by atoms with van der Waals surface area (Å²) >= 11 is 1.58. The highest BCUT2D eigenvalue weighted by atomic mass is 32.2. The van der Waals surface area contributed by atoms with Crippen LogP contribution in [0.15, 0.2) is 47.4 Å². The normalized spacial score (nSPS) is 10.2. The summed E-state index contributed by atoms with van der Waals surface area (Å²) in [6, 6.07) is 12.1. The number of ketones is 1. The van der Waals surface area contributed by atoms with E-state index in [2.05, 4.69) is 5.32 Å². The molecule has 0 heterocycles. The van der Waals surface area contributed by atoms with Gasteiger partial charge in [-0.1, -0.05) is 12.1 Å². The Hall–Kier alpha value is -3.00. The molecular weight excluding hydrogens is 394 g/mol. The number of methoxy groups -OCH3 is 2. The number of carbonyl (C=O) groups excluding carboxylic acids is 3. The summed E-state index contributed by atoms with van der Waals surface area (Å²) in [5, 5.41) is 2.60. The van der Waals surface area contributed by atoms with E-state index >= 15 is 0 Å². The molecule has 2 aromatic rings. The lowest BCUT2D eigenvalue weighted by Crippen LogP contribution is -2.21. The molecule has 0 bridgehead atoms. The van der Waals surface area contributed by atoms with Gasteiger partial charge in [0.1, 0.15) is 11.5 Å². The van der Waals surface area contributed by atoms with Gasteiger partial charge in [0, 0.05) is 22.9 Å². The topological polar surface area (TPSA) is 90.9 Å². The zero-order valence-electron chi connectivity index (χ0n) is 16.5. The molecule has 154 valence electrons. The predicted octanol–water partition coefficient (Wildman–Crippen LogP) is 3.57. The third-order valence-corrected chi connectivity index (χ3v) is 4.76. The molecule has 29 heavy (non-hydrogen) atoms. The van der Waals surface area contributed by atoms with E-state index in [-0.39, 0.29) is 18.6 Å². The van der Waals surface area contributed by atoms with Crippen molar-refractivity contribution in [3.05, 3.63) is 48.0 Å². The molecule has 0 fully saturated rings. The van der Waals surface area contributed by atoms with E-state index in [1.165, 1.54) is 14.2 Å². The lowest BCUT2D eigenvalue weighted by atomic mass is 10.1. The Labute approximate surface area is 173 Å². The first kappa shape index (κ1) is 22.3. The van der Waals surface area contributed by atoms with E-state index in [9.17, 15) is 14.4 Å². The molecule has 0 aliphatic rings. The molecular formula is C21H23NO6S. The van der Waals surface area contributed by atoms with Crippen molar-refractivity contribution in [1.82, 2.24) is 0 Å². The van der Waals surface area contributed by atoms with Crippen LogP contribution in [0.2, 0.25) is 0 Å². The highest BCUT2D eigenvalue weighted by Crippen LogP contribution is 2.28. The van der Waals surface area contributed by atoms with Crippen LogP contribution in [0, 0.1) is 0 Å². The van der Waals surface area contributed by atoms with Crippen molar-refractivity contribution in [1.29, 1.82) is 0 Å². The van der Waals surface area contributed by atoms with Gasteiger partial charge in [0.05, 0.1) is 26.3 Å². The first-order valence-electron chi connectivity index (χ1n) is 8.81. The lowest BCUT2D eigenvalue weighted by molar-refractivity contribution is -0.147. The van der Waals surface area contributed by atoms with E-state index in [0.29, 0.717) is 22.7 Å². The van der Waals surface area contributed by atoms with E-state index in [4.69, 9.17) is 14.2 Å². The second kappa shape index (κ2) is 11.1. The molecule has 0 aromatic heterocycles.